The Balaban J connectivity index is 1.90. The fourth-order valence-corrected chi connectivity index (χ4v) is 2.26. The van der Waals surface area contributed by atoms with Crippen molar-refractivity contribution >= 4 is 28.8 Å². The van der Waals surface area contributed by atoms with Gasteiger partial charge in [-0.3, -0.25) is 4.79 Å². The lowest BCUT2D eigenvalue weighted by atomic mass is 10.0. The summed E-state index contributed by atoms with van der Waals surface area (Å²) in [5.74, 6) is 0.0146. The van der Waals surface area contributed by atoms with Crippen molar-refractivity contribution in [2.75, 3.05) is 6.54 Å². The molecule has 0 spiro atoms. The summed E-state index contributed by atoms with van der Waals surface area (Å²) in [5, 5.41) is 10.4. The maximum atomic E-state index is 11.7. The Morgan fingerprint density at radius 3 is 2.72 bits per heavy atom. The number of amides is 1. The van der Waals surface area contributed by atoms with E-state index < -0.39 is 0 Å². The molecule has 2 aromatic rings. The van der Waals surface area contributed by atoms with Gasteiger partial charge in [-0.25, -0.2) is 0 Å². The first kappa shape index (κ1) is 13.0. The van der Waals surface area contributed by atoms with Crippen LogP contribution < -0.4 is 5.32 Å². The number of hydrogen-bond donors (Lipinski definition) is 1. The molecule has 1 unspecified atom stereocenters. The molecular formula is C12H12ClN3OS. The van der Waals surface area contributed by atoms with Gasteiger partial charge in [-0.05, 0) is 23.1 Å². The summed E-state index contributed by atoms with van der Waals surface area (Å²) < 4.78 is 0.274. The summed E-state index contributed by atoms with van der Waals surface area (Å²) in [5.41, 5.74) is 1.19. The van der Waals surface area contributed by atoms with Crippen LogP contribution in [0.2, 0.25) is 4.47 Å². The Morgan fingerprint density at radius 1 is 1.39 bits per heavy atom. The average Bonchev–Trinajstić information content (AvgIpc) is 2.83. The molecule has 1 aromatic heterocycles. The quantitative estimate of drug-likeness (QED) is 0.937. The summed E-state index contributed by atoms with van der Waals surface area (Å²) in [6.07, 6.45) is 0. The summed E-state index contributed by atoms with van der Waals surface area (Å²) in [6.45, 7) is 2.61. The number of aromatic nitrogens is 2. The molecule has 1 aromatic carbocycles. The molecule has 0 saturated heterocycles. The molecule has 4 nitrogen and oxygen atoms in total. The van der Waals surface area contributed by atoms with Gasteiger partial charge < -0.3 is 5.32 Å². The van der Waals surface area contributed by atoms with Crippen molar-refractivity contribution in [2.45, 2.75) is 12.8 Å². The first-order valence-corrected chi connectivity index (χ1v) is 6.68. The van der Waals surface area contributed by atoms with Crippen LogP contribution in [-0.4, -0.2) is 22.6 Å². The Kier molecular flexibility index (Phi) is 4.28. The van der Waals surface area contributed by atoms with Crippen LogP contribution in [0.25, 0.3) is 0 Å². The molecule has 0 aliphatic rings. The number of hydrogen-bond acceptors (Lipinski definition) is 4. The van der Waals surface area contributed by atoms with Gasteiger partial charge in [0.15, 0.2) is 0 Å². The van der Waals surface area contributed by atoms with Crippen LogP contribution in [0.15, 0.2) is 30.3 Å². The third kappa shape index (κ3) is 3.27. The van der Waals surface area contributed by atoms with Gasteiger partial charge in [-0.15, -0.1) is 10.2 Å². The molecule has 1 heterocycles. The van der Waals surface area contributed by atoms with Crippen molar-refractivity contribution < 1.29 is 4.79 Å². The highest BCUT2D eigenvalue weighted by Crippen LogP contribution is 2.16. The largest absolute Gasteiger partial charge is 0.349 e. The van der Waals surface area contributed by atoms with Gasteiger partial charge in [0.1, 0.15) is 0 Å². The molecule has 0 aliphatic carbocycles. The molecule has 2 rings (SSSR count). The molecule has 18 heavy (non-hydrogen) atoms. The Bertz CT molecular complexity index is 529. The topological polar surface area (TPSA) is 54.9 Å². The van der Waals surface area contributed by atoms with Crippen molar-refractivity contribution in [3.63, 3.8) is 0 Å². The Hall–Kier alpha value is -1.46. The molecule has 1 atom stereocenters. The summed E-state index contributed by atoms with van der Waals surface area (Å²) in [4.78, 5) is 11.7. The minimum absolute atomic E-state index is 0.234. The Labute approximate surface area is 114 Å². The first-order valence-electron chi connectivity index (χ1n) is 5.49. The van der Waals surface area contributed by atoms with Crippen LogP contribution in [0.3, 0.4) is 0 Å². The van der Waals surface area contributed by atoms with E-state index in [1.807, 2.05) is 30.3 Å². The van der Waals surface area contributed by atoms with Crippen LogP contribution >= 0.6 is 22.9 Å². The highest BCUT2D eigenvalue weighted by atomic mass is 35.5. The number of benzene rings is 1. The van der Waals surface area contributed by atoms with Gasteiger partial charge in [-0.1, -0.05) is 48.6 Å². The minimum Gasteiger partial charge on any atom is -0.349 e. The fourth-order valence-electron chi connectivity index (χ4n) is 1.52. The number of carbonyl (C=O) groups excluding carboxylic acids is 1. The van der Waals surface area contributed by atoms with E-state index >= 15 is 0 Å². The summed E-state index contributed by atoms with van der Waals surface area (Å²) in [6, 6.07) is 10.0. The number of halogens is 1. The summed E-state index contributed by atoms with van der Waals surface area (Å²) >= 11 is 6.70. The molecule has 1 amide bonds. The van der Waals surface area contributed by atoms with E-state index in [0.717, 1.165) is 11.3 Å². The molecule has 94 valence electrons. The molecule has 0 saturated carbocycles. The molecule has 0 bridgehead atoms. The second kappa shape index (κ2) is 5.93. The molecule has 1 N–H and O–H groups in total. The number of rotatable bonds is 4. The second-order valence-electron chi connectivity index (χ2n) is 3.88. The van der Waals surface area contributed by atoms with E-state index in [9.17, 15) is 4.79 Å². The lowest BCUT2D eigenvalue weighted by Gasteiger charge is -2.11. The van der Waals surface area contributed by atoms with Gasteiger partial charge in [-0.2, -0.15) is 0 Å². The van der Waals surface area contributed by atoms with Gasteiger partial charge in [0.05, 0.1) is 0 Å². The normalized spacial score (nSPS) is 12.1. The van der Waals surface area contributed by atoms with Crippen LogP contribution in [0, 0.1) is 0 Å². The summed E-state index contributed by atoms with van der Waals surface area (Å²) in [7, 11) is 0. The molecule has 6 heteroatoms. The third-order valence-electron chi connectivity index (χ3n) is 2.53. The number of nitrogens with zero attached hydrogens (tertiary/aromatic N) is 2. The van der Waals surface area contributed by atoms with E-state index in [2.05, 4.69) is 22.4 Å². The predicted molar refractivity (Wildman–Crippen MR) is 72.1 cm³/mol. The third-order valence-corrected chi connectivity index (χ3v) is 3.55. The first-order chi connectivity index (χ1) is 8.66. The van der Waals surface area contributed by atoms with Crippen LogP contribution in [0.1, 0.15) is 28.2 Å². The van der Waals surface area contributed by atoms with E-state index in [0.29, 0.717) is 11.6 Å². The maximum absolute atomic E-state index is 11.7. The zero-order chi connectivity index (χ0) is 13.0. The zero-order valence-corrected chi connectivity index (χ0v) is 11.3. The molecule has 0 aliphatic heterocycles. The van der Waals surface area contributed by atoms with Crippen molar-refractivity contribution in [2.24, 2.45) is 0 Å². The number of carbonyl (C=O) groups is 1. The SMILES string of the molecule is CC(CNC(=O)c1nnc(Cl)s1)c1ccccc1. The fraction of sp³-hybridized carbons (Fsp3) is 0.250. The van der Waals surface area contributed by atoms with Crippen LogP contribution in [0.4, 0.5) is 0 Å². The number of nitrogens with one attached hydrogen (secondary N) is 1. The minimum atomic E-state index is -0.234. The van der Waals surface area contributed by atoms with E-state index in [1.165, 1.54) is 5.56 Å². The standard InChI is InChI=1S/C12H12ClN3OS/c1-8(9-5-3-2-4-6-9)7-14-10(17)11-15-16-12(13)18-11/h2-6,8H,7H2,1H3,(H,14,17). The molecule has 0 radical (unpaired) electrons. The Morgan fingerprint density at radius 2 is 2.11 bits per heavy atom. The lowest BCUT2D eigenvalue weighted by molar-refractivity contribution is 0.0950. The highest BCUT2D eigenvalue weighted by molar-refractivity contribution is 7.17. The molecule has 0 fully saturated rings. The van der Waals surface area contributed by atoms with Crippen LogP contribution in [0.5, 0.6) is 0 Å². The predicted octanol–water partition coefficient (Wildman–Crippen LogP) is 2.73. The van der Waals surface area contributed by atoms with E-state index in [4.69, 9.17) is 11.6 Å². The zero-order valence-electron chi connectivity index (χ0n) is 9.76. The van der Waals surface area contributed by atoms with E-state index in [-0.39, 0.29) is 16.3 Å². The monoisotopic (exact) mass is 281 g/mol. The van der Waals surface area contributed by atoms with Crippen molar-refractivity contribution in [3.05, 3.63) is 45.4 Å². The van der Waals surface area contributed by atoms with Crippen LogP contribution in [-0.2, 0) is 0 Å². The lowest BCUT2D eigenvalue weighted by Crippen LogP contribution is -2.27. The van der Waals surface area contributed by atoms with Crippen molar-refractivity contribution in [3.8, 4) is 0 Å². The second-order valence-corrected chi connectivity index (χ2v) is 5.44. The smallest absolute Gasteiger partial charge is 0.282 e. The highest BCUT2D eigenvalue weighted by Gasteiger charge is 2.13. The maximum Gasteiger partial charge on any atom is 0.282 e. The van der Waals surface area contributed by atoms with Gasteiger partial charge in [0.25, 0.3) is 5.91 Å². The van der Waals surface area contributed by atoms with Gasteiger partial charge in [0.2, 0.25) is 9.47 Å². The van der Waals surface area contributed by atoms with E-state index in [1.54, 1.807) is 0 Å². The van der Waals surface area contributed by atoms with Crippen molar-refractivity contribution in [1.29, 1.82) is 0 Å². The molecular weight excluding hydrogens is 270 g/mol. The van der Waals surface area contributed by atoms with Gasteiger partial charge in [0, 0.05) is 6.54 Å². The van der Waals surface area contributed by atoms with Gasteiger partial charge >= 0.3 is 0 Å². The van der Waals surface area contributed by atoms with Crippen molar-refractivity contribution in [1.82, 2.24) is 15.5 Å². The average molecular weight is 282 g/mol.